The summed E-state index contributed by atoms with van der Waals surface area (Å²) in [4.78, 5) is 2.61. The minimum absolute atomic E-state index is 0.636. The second-order valence-electron chi connectivity index (χ2n) is 5.82. The zero-order valence-corrected chi connectivity index (χ0v) is 11.7. The predicted molar refractivity (Wildman–Crippen MR) is 78.8 cm³/mol. The van der Waals surface area contributed by atoms with Crippen molar-refractivity contribution in [3.63, 3.8) is 0 Å². The maximum absolute atomic E-state index is 5.89. The van der Waals surface area contributed by atoms with E-state index in [1.807, 2.05) is 0 Å². The summed E-state index contributed by atoms with van der Waals surface area (Å²) in [5.41, 5.74) is 8.54. The Hall–Kier alpha value is -1.02. The van der Waals surface area contributed by atoms with E-state index in [1.54, 1.807) is 0 Å². The molecule has 1 saturated carbocycles. The normalized spacial score (nSPS) is 16.4. The third kappa shape index (κ3) is 3.05. The Morgan fingerprint density at radius 3 is 2.50 bits per heavy atom. The van der Waals surface area contributed by atoms with Gasteiger partial charge in [0.05, 0.1) is 0 Å². The number of hydrogen-bond donors (Lipinski definition) is 1. The zero-order valence-electron chi connectivity index (χ0n) is 11.7. The summed E-state index contributed by atoms with van der Waals surface area (Å²) >= 11 is 0. The molecule has 0 saturated heterocycles. The van der Waals surface area contributed by atoms with Crippen LogP contribution in [0.5, 0.6) is 0 Å². The van der Waals surface area contributed by atoms with Gasteiger partial charge in [0.1, 0.15) is 0 Å². The van der Waals surface area contributed by atoms with Crippen LogP contribution >= 0.6 is 0 Å². The lowest BCUT2D eigenvalue weighted by molar-refractivity contribution is 0.534. The summed E-state index contributed by atoms with van der Waals surface area (Å²) in [5, 5.41) is 0. The monoisotopic (exact) mass is 246 g/mol. The summed E-state index contributed by atoms with van der Waals surface area (Å²) < 4.78 is 0. The third-order valence-corrected chi connectivity index (χ3v) is 3.85. The maximum Gasteiger partial charge on any atom is 0.0414 e. The quantitative estimate of drug-likeness (QED) is 0.861. The predicted octanol–water partition coefficient (Wildman–Crippen LogP) is 3.55. The van der Waals surface area contributed by atoms with Crippen molar-refractivity contribution in [2.75, 3.05) is 11.4 Å². The highest BCUT2D eigenvalue weighted by Crippen LogP contribution is 2.31. The van der Waals surface area contributed by atoms with Crippen molar-refractivity contribution in [2.45, 2.75) is 52.1 Å². The molecule has 100 valence electrons. The van der Waals surface area contributed by atoms with Crippen LogP contribution in [0, 0.1) is 5.92 Å². The van der Waals surface area contributed by atoms with E-state index in [-0.39, 0.29) is 0 Å². The molecular formula is C16H26N2. The van der Waals surface area contributed by atoms with E-state index in [0.717, 1.165) is 12.6 Å². The molecule has 2 N–H and O–H groups in total. The van der Waals surface area contributed by atoms with Crippen molar-refractivity contribution in [3.8, 4) is 0 Å². The second kappa shape index (κ2) is 6.24. The first-order chi connectivity index (χ1) is 8.72. The molecule has 0 radical (unpaired) electrons. The van der Waals surface area contributed by atoms with Crippen LogP contribution < -0.4 is 10.6 Å². The summed E-state index contributed by atoms with van der Waals surface area (Å²) in [6, 6.07) is 9.35. The molecule has 1 aliphatic rings. The molecule has 1 aromatic carbocycles. The van der Waals surface area contributed by atoms with Gasteiger partial charge in [-0.25, -0.2) is 0 Å². The molecule has 2 heteroatoms. The van der Waals surface area contributed by atoms with E-state index in [1.165, 1.54) is 36.9 Å². The van der Waals surface area contributed by atoms with Crippen molar-refractivity contribution in [3.05, 3.63) is 29.8 Å². The lowest BCUT2D eigenvalue weighted by atomic mass is 10.1. The fourth-order valence-corrected chi connectivity index (χ4v) is 3.02. The summed E-state index contributed by atoms with van der Waals surface area (Å²) in [6.07, 6.45) is 5.44. The van der Waals surface area contributed by atoms with Crippen LogP contribution in [0.3, 0.4) is 0 Å². The van der Waals surface area contributed by atoms with E-state index < -0.39 is 0 Å². The Labute approximate surface area is 111 Å². The Morgan fingerprint density at radius 2 is 1.89 bits per heavy atom. The average molecular weight is 246 g/mol. The van der Waals surface area contributed by atoms with Gasteiger partial charge in [-0.3, -0.25) is 0 Å². The Morgan fingerprint density at radius 1 is 1.22 bits per heavy atom. The van der Waals surface area contributed by atoms with Crippen molar-refractivity contribution in [1.82, 2.24) is 0 Å². The third-order valence-electron chi connectivity index (χ3n) is 3.85. The van der Waals surface area contributed by atoms with Crippen LogP contribution in [0.25, 0.3) is 0 Å². The molecule has 0 bridgehead atoms. The number of nitrogens with two attached hydrogens (primary N) is 1. The minimum atomic E-state index is 0.636. The fraction of sp³-hybridized carbons (Fsp3) is 0.625. The Bertz CT molecular complexity index is 367. The standard InChI is InChI=1S/C16H26N2/c1-13(2)12-18(15-8-4-5-9-15)16-10-6-3-7-14(16)11-17/h3,6-7,10,13,15H,4-5,8-9,11-12,17H2,1-2H3. The van der Waals surface area contributed by atoms with Gasteiger partial charge in [0.25, 0.3) is 0 Å². The molecule has 0 amide bonds. The molecule has 0 aromatic heterocycles. The molecule has 1 fully saturated rings. The van der Waals surface area contributed by atoms with E-state index >= 15 is 0 Å². The number of rotatable bonds is 5. The van der Waals surface area contributed by atoms with Gasteiger partial charge in [-0.1, -0.05) is 44.9 Å². The summed E-state index contributed by atoms with van der Waals surface area (Å²) in [5.74, 6) is 0.691. The molecule has 18 heavy (non-hydrogen) atoms. The van der Waals surface area contributed by atoms with Crippen LogP contribution in [0.1, 0.15) is 45.1 Å². The van der Waals surface area contributed by atoms with E-state index in [4.69, 9.17) is 5.73 Å². The van der Waals surface area contributed by atoms with Crippen LogP contribution in [0.2, 0.25) is 0 Å². The highest BCUT2D eigenvalue weighted by atomic mass is 15.2. The van der Waals surface area contributed by atoms with Gasteiger partial charge in [0.2, 0.25) is 0 Å². The van der Waals surface area contributed by atoms with E-state index in [9.17, 15) is 0 Å². The lowest BCUT2D eigenvalue weighted by Gasteiger charge is -2.34. The van der Waals surface area contributed by atoms with Crippen molar-refractivity contribution in [2.24, 2.45) is 11.7 Å². The van der Waals surface area contributed by atoms with Crippen LogP contribution in [-0.2, 0) is 6.54 Å². The highest BCUT2D eigenvalue weighted by molar-refractivity contribution is 5.54. The first-order valence-electron chi connectivity index (χ1n) is 7.27. The largest absolute Gasteiger partial charge is 0.368 e. The zero-order chi connectivity index (χ0) is 13.0. The van der Waals surface area contributed by atoms with Gasteiger partial charge < -0.3 is 10.6 Å². The molecule has 1 aromatic rings. The van der Waals surface area contributed by atoms with Crippen molar-refractivity contribution in [1.29, 1.82) is 0 Å². The van der Waals surface area contributed by atoms with Crippen LogP contribution in [-0.4, -0.2) is 12.6 Å². The van der Waals surface area contributed by atoms with Crippen LogP contribution in [0.15, 0.2) is 24.3 Å². The average Bonchev–Trinajstić information content (AvgIpc) is 2.89. The molecule has 1 aliphatic carbocycles. The smallest absolute Gasteiger partial charge is 0.0414 e. The van der Waals surface area contributed by atoms with Crippen LogP contribution in [0.4, 0.5) is 5.69 Å². The van der Waals surface area contributed by atoms with Crippen molar-refractivity contribution < 1.29 is 0 Å². The maximum atomic E-state index is 5.89. The van der Waals surface area contributed by atoms with Crippen molar-refractivity contribution >= 4 is 5.69 Å². The molecule has 0 unspecified atom stereocenters. The second-order valence-corrected chi connectivity index (χ2v) is 5.82. The molecular weight excluding hydrogens is 220 g/mol. The molecule has 2 rings (SSSR count). The van der Waals surface area contributed by atoms with Gasteiger partial charge in [0.15, 0.2) is 0 Å². The summed E-state index contributed by atoms with van der Waals surface area (Å²) in [6.45, 7) is 6.37. The minimum Gasteiger partial charge on any atom is -0.368 e. The lowest BCUT2D eigenvalue weighted by Crippen LogP contribution is -2.37. The Kier molecular flexibility index (Phi) is 4.65. The number of para-hydroxylation sites is 1. The first kappa shape index (κ1) is 13.4. The number of benzene rings is 1. The van der Waals surface area contributed by atoms with Gasteiger partial charge in [-0.15, -0.1) is 0 Å². The SMILES string of the molecule is CC(C)CN(c1ccccc1CN)C1CCCC1. The summed E-state index contributed by atoms with van der Waals surface area (Å²) in [7, 11) is 0. The van der Waals surface area contributed by atoms with Gasteiger partial charge in [0, 0.05) is 24.8 Å². The van der Waals surface area contributed by atoms with Gasteiger partial charge >= 0.3 is 0 Å². The topological polar surface area (TPSA) is 29.3 Å². The number of nitrogens with zero attached hydrogens (tertiary/aromatic N) is 1. The van der Waals surface area contributed by atoms with Gasteiger partial charge in [-0.05, 0) is 30.4 Å². The Balaban J connectivity index is 2.26. The highest BCUT2D eigenvalue weighted by Gasteiger charge is 2.24. The number of anilines is 1. The molecule has 0 aliphatic heterocycles. The van der Waals surface area contributed by atoms with E-state index in [2.05, 4.69) is 43.0 Å². The fourth-order valence-electron chi connectivity index (χ4n) is 3.02. The first-order valence-corrected chi connectivity index (χ1v) is 7.27. The number of hydrogen-bond acceptors (Lipinski definition) is 2. The van der Waals surface area contributed by atoms with E-state index in [0.29, 0.717) is 12.5 Å². The molecule has 0 spiro atoms. The molecule has 2 nitrogen and oxygen atoms in total. The molecule has 0 heterocycles. The van der Waals surface area contributed by atoms with Gasteiger partial charge in [-0.2, -0.15) is 0 Å². The molecule has 0 atom stereocenters.